The monoisotopic (exact) mass is 440 g/mol. The average molecular weight is 441 g/mol. The molecule has 1 fully saturated rings. The maximum absolute atomic E-state index is 13.0. The molecule has 1 aliphatic heterocycles. The van der Waals surface area contributed by atoms with Gasteiger partial charge in [0.2, 0.25) is 0 Å². The first-order valence-corrected chi connectivity index (χ1v) is 8.93. The zero-order valence-corrected chi connectivity index (χ0v) is 16.7. The fraction of sp³-hybridized carbons (Fsp3) is 0.211. The molecule has 29 heavy (non-hydrogen) atoms. The van der Waals surface area contributed by atoms with Crippen molar-refractivity contribution in [2.24, 2.45) is 0 Å². The predicted molar refractivity (Wildman–Crippen MR) is 110 cm³/mol. The van der Waals surface area contributed by atoms with Crippen molar-refractivity contribution in [1.82, 2.24) is 15.4 Å². The minimum absolute atomic E-state index is 0. The molecule has 154 valence electrons. The summed E-state index contributed by atoms with van der Waals surface area (Å²) in [7, 11) is 0. The van der Waals surface area contributed by atoms with Crippen LogP contribution < -0.4 is 10.8 Å². The second-order valence-corrected chi connectivity index (χ2v) is 6.70. The third-order valence-corrected chi connectivity index (χ3v) is 4.60. The Bertz CT molecular complexity index is 909. The van der Waals surface area contributed by atoms with Gasteiger partial charge in [0.25, 0.3) is 11.8 Å². The second kappa shape index (κ2) is 10.2. The maximum atomic E-state index is 13.0. The molecule has 10 heteroatoms. The molecule has 1 aromatic heterocycles. The SMILES string of the molecule is Cl.O=C(/C=C/c1cnc(N[C@@H]2CCN(C(=O)c3ccc(F)cc3)C2)c(Cl)c1)NO. The van der Waals surface area contributed by atoms with Crippen molar-refractivity contribution in [3.05, 3.63) is 64.6 Å². The number of pyridine rings is 1. The van der Waals surface area contributed by atoms with Crippen LogP contribution >= 0.6 is 24.0 Å². The van der Waals surface area contributed by atoms with Crippen LogP contribution in [0.5, 0.6) is 0 Å². The normalized spacial score (nSPS) is 15.8. The Labute approximate surface area is 177 Å². The van der Waals surface area contributed by atoms with Gasteiger partial charge in [0.05, 0.1) is 5.02 Å². The second-order valence-electron chi connectivity index (χ2n) is 6.30. The zero-order valence-electron chi connectivity index (χ0n) is 15.1. The number of anilines is 1. The number of nitrogens with zero attached hydrogens (tertiary/aromatic N) is 2. The van der Waals surface area contributed by atoms with Crippen molar-refractivity contribution < 1.29 is 19.2 Å². The van der Waals surface area contributed by atoms with Crippen LogP contribution in [0, 0.1) is 5.82 Å². The van der Waals surface area contributed by atoms with E-state index in [1.54, 1.807) is 11.0 Å². The molecule has 0 radical (unpaired) electrons. The van der Waals surface area contributed by atoms with E-state index in [1.165, 1.54) is 42.0 Å². The average Bonchev–Trinajstić information content (AvgIpc) is 3.16. The van der Waals surface area contributed by atoms with Gasteiger partial charge >= 0.3 is 0 Å². The molecular formula is C19H19Cl2FN4O3. The Morgan fingerprint density at radius 2 is 2.03 bits per heavy atom. The molecule has 2 aromatic rings. The van der Waals surface area contributed by atoms with Gasteiger partial charge in [0.15, 0.2) is 0 Å². The molecule has 2 heterocycles. The Morgan fingerprint density at radius 1 is 1.31 bits per heavy atom. The first-order chi connectivity index (χ1) is 13.5. The van der Waals surface area contributed by atoms with E-state index in [9.17, 15) is 14.0 Å². The van der Waals surface area contributed by atoms with E-state index in [2.05, 4.69) is 10.3 Å². The molecule has 1 aliphatic rings. The summed E-state index contributed by atoms with van der Waals surface area (Å²) in [4.78, 5) is 29.5. The van der Waals surface area contributed by atoms with E-state index in [4.69, 9.17) is 16.8 Å². The predicted octanol–water partition coefficient (Wildman–Crippen LogP) is 3.14. The lowest BCUT2D eigenvalue weighted by atomic mass is 10.2. The van der Waals surface area contributed by atoms with Crippen LogP contribution in [0.3, 0.4) is 0 Å². The highest BCUT2D eigenvalue weighted by Gasteiger charge is 2.27. The van der Waals surface area contributed by atoms with E-state index in [1.807, 2.05) is 0 Å². The third-order valence-electron chi connectivity index (χ3n) is 4.31. The van der Waals surface area contributed by atoms with Crippen LogP contribution in [0.25, 0.3) is 6.08 Å². The minimum Gasteiger partial charge on any atom is -0.364 e. The molecule has 0 bridgehead atoms. The lowest BCUT2D eigenvalue weighted by Gasteiger charge is -2.18. The first-order valence-electron chi connectivity index (χ1n) is 8.55. The number of aromatic nitrogens is 1. The Morgan fingerprint density at radius 3 is 2.69 bits per heavy atom. The molecule has 1 saturated heterocycles. The maximum Gasteiger partial charge on any atom is 0.267 e. The standard InChI is InChI=1S/C19H18ClFN4O3.ClH/c20-16-9-12(1-6-17(26)24-28)10-22-18(16)23-15-7-8-25(11-15)19(27)13-2-4-14(21)5-3-13;/h1-6,9-10,15,28H,7-8,11H2,(H,22,23)(H,24,26);1H/b6-1+;/t15-;/m1./s1. The molecule has 0 unspecified atom stereocenters. The summed E-state index contributed by atoms with van der Waals surface area (Å²) >= 11 is 6.24. The van der Waals surface area contributed by atoms with Crippen molar-refractivity contribution >= 4 is 47.7 Å². The fourth-order valence-corrected chi connectivity index (χ4v) is 3.12. The number of halogens is 3. The summed E-state index contributed by atoms with van der Waals surface area (Å²) in [5.41, 5.74) is 2.54. The Hall–Kier alpha value is -2.68. The van der Waals surface area contributed by atoms with Crippen LogP contribution in [0.4, 0.5) is 10.2 Å². The largest absolute Gasteiger partial charge is 0.364 e. The molecule has 0 aliphatic carbocycles. The summed E-state index contributed by atoms with van der Waals surface area (Å²) in [5, 5.41) is 12.1. The van der Waals surface area contributed by atoms with Crippen LogP contribution in [0.2, 0.25) is 5.02 Å². The topological polar surface area (TPSA) is 94.6 Å². The van der Waals surface area contributed by atoms with Gasteiger partial charge in [-0.05, 0) is 48.4 Å². The van der Waals surface area contributed by atoms with Gasteiger partial charge in [-0.15, -0.1) is 12.4 Å². The number of hydrogen-bond acceptors (Lipinski definition) is 5. The van der Waals surface area contributed by atoms with Crippen molar-refractivity contribution in [3.63, 3.8) is 0 Å². The summed E-state index contributed by atoms with van der Waals surface area (Å²) in [6.45, 7) is 1.05. The highest BCUT2D eigenvalue weighted by molar-refractivity contribution is 6.33. The molecule has 0 spiro atoms. The summed E-state index contributed by atoms with van der Waals surface area (Å²) in [6, 6.07) is 7.09. The number of amides is 2. The minimum atomic E-state index is -0.657. The van der Waals surface area contributed by atoms with Crippen molar-refractivity contribution in [2.45, 2.75) is 12.5 Å². The quantitative estimate of drug-likeness (QED) is 0.377. The van der Waals surface area contributed by atoms with Gasteiger partial charge < -0.3 is 10.2 Å². The highest BCUT2D eigenvalue weighted by atomic mass is 35.5. The van der Waals surface area contributed by atoms with Gasteiger partial charge in [-0.1, -0.05) is 11.6 Å². The summed E-state index contributed by atoms with van der Waals surface area (Å²) < 4.78 is 13.0. The van der Waals surface area contributed by atoms with E-state index in [-0.39, 0.29) is 30.2 Å². The van der Waals surface area contributed by atoms with Gasteiger partial charge in [-0.25, -0.2) is 14.9 Å². The van der Waals surface area contributed by atoms with Gasteiger partial charge in [-0.2, -0.15) is 0 Å². The number of carbonyl (C=O) groups is 2. The van der Waals surface area contributed by atoms with Crippen molar-refractivity contribution in [3.8, 4) is 0 Å². The number of benzene rings is 1. The molecule has 7 nitrogen and oxygen atoms in total. The molecule has 0 saturated carbocycles. The van der Waals surface area contributed by atoms with E-state index in [0.717, 1.165) is 12.5 Å². The zero-order chi connectivity index (χ0) is 20.1. The summed E-state index contributed by atoms with van der Waals surface area (Å²) in [5.74, 6) is -0.707. The Kier molecular flexibility index (Phi) is 7.95. The number of rotatable bonds is 5. The summed E-state index contributed by atoms with van der Waals surface area (Å²) in [6.07, 6.45) is 4.87. The fourth-order valence-electron chi connectivity index (χ4n) is 2.89. The highest BCUT2D eigenvalue weighted by Crippen LogP contribution is 2.24. The van der Waals surface area contributed by atoms with E-state index < -0.39 is 5.91 Å². The van der Waals surface area contributed by atoms with E-state index in [0.29, 0.717) is 35.1 Å². The lowest BCUT2D eigenvalue weighted by molar-refractivity contribution is -0.124. The van der Waals surface area contributed by atoms with Crippen LogP contribution in [0.1, 0.15) is 22.3 Å². The van der Waals surface area contributed by atoms with Crippen LogP contribution in [-0.2, 0) is 4.79 Å². The number of likely N-dealkylation sites (tertiary alicyclic amines) is 1. The van der Waals surface area contributed by atoms with Crippen molar-refractivity contribution in [2.75, 3.05) is 18.4 Å². The van der Waals surface area contributed by atoms with E-state index >= 15 is 0 Å². The van der Waals surface area contributed by atoms with Gasteiger partial charge in [-0.3, -0.25) is 14.8 Å². The Balaban J connectivity index is 0.00000300. The molecule has 3 rings (SSSR count). The first kappa shape index (κ1) is 22.6. The van der Waals surface area contributed by atoms with Crippen molar-refractivity contribution in [1.29, 1.82) is 0 Å². The molecular weight excluding hydrogens is 422 g/mol. The van der Waals surface area contributed by atoms with Crippen LogP contribution in [-0.4, -0.2) is 46.0 Å². The molecule has 1 aromatic carbocycles. The molecule has 2 amide bonds. The third kappa shape index (κ3) is 5.90. The molecule has 3 N–H and O–H groups in total. The number of nitrogens with one attached hydrogen (secondary N) is 2. The van der Waals surface area contributed by atoms with Crippen LogP contribution in [0.15, 0.2) is 42.6 Å². The smallest absolute Gasteiger partial charge is 0.267 e. The molecule has 1 atom stereocenters. The number of hydrogen-bond donors (Lipinski definition) is 3. The number of carbonyl (C=O) groups excluding carboxylic acids is 2. The number of hydroxylamine groups is 1. The van der Waals surface area contributed by atoms with Gasteiger partial charge in [0, 0.05) is 37.0 Å². The lowest BCUT2D eigenvalue weighted by Crippen LogP contribution is -2.31. The van der Waals surface area contributed by atoms with Gasteiger partial charge in [0.1, 0.15) is 11.6 Å².